The number of carbonyl (C=O) groups excluding carboxylic acids is 2. The average Bonchev–Trinajstić information content (AvgIpc) is 3.05. The fraction of sp³-hybridized carbons (Fsp3) is 0.590. The topological polar surface area (TPSA) is 89.5 Å². The molecule has 0 amide bonds. The molecule has 0 N–H and O–H groups in total. The van der Waals surface area contributed by atoms with E-state index in [0.717, 1.165) is 24.0 Å². The van der Waals surface area contributed by atoms with Crippen molar-refractivity contribution in [3.8, 4) is 0 Å². The van der Waals surface area contributed by atoms with Crippen molar-refractivity contribution in [2.45, 2.75) is 135 Å². The lowest BCUT2D eigenvalue weighted by Crippen LogP contribution is -2.63. The van der Waals surface area contributed by atoms with E-state index in [-0.39, 0.29) is 31.8 Å². The van der Waals surface area contributed by atoms with E-state index in [2.05, 4.69) is 48.1 Å². The number of esters is 1. The third-order valence-corrected chi connectivity index (χ3v) is 15.2. The van der Waals surface area contributed by atoms with Gasteiger partial charge in [0.1, 0.15) is 24.1 Å². The van der Waals surface area contributed by atoms with Gasteiger partial charge in [0.15, 0.2) is 20.7 Å². The van der Waals surface area contributed by atoms with Crippen LogP contribution in [0.15, 0.2) is 73.3 Å². The van der Waals surface area contributed by atoms with E-state index in [1.165, 1.54) is 6.92 Å². The summed E-state index contributed by atoms with van der Waals surface area (Å²) in [6.45, 7) is 20.0. The molecule has 3 rings (SSSR count). The van der Waals surface area contributed by atoms with Crippen molar-refractivity contribution in [1.29, 1.82) is 0 Å². The van der Waals surface area contributed by atoms with Crippen molar-refractivity contribution in [3.05, 3.63) is 84.4 Å². The molecule has 0 aliphatic carbocycles. The quantitative estimate of drug-likeness (QED) is 0.0562. The number of benzene rings is 2. The molecule has 0 aromatic heterocycles. The molecule has 1 aliphatic rings. The Morgan fingerprint density at radius 2 is 1.33 bits per heavy atom. The largest absolute Gasteiger partial charge is 0.454 e. The fourth-order valence-corrected chi connectivity index (χ4v) is 12.3. The summed E-state index contributed by atoms with van der Waals surface area (Å²) >= 11 is 0. The molecule has 2 aromatic rings. The molecule has 48 heavy (non-hydrogen) atoms. The Morgan fingerprint density at radius 3 is 1.83 bits per heavy atom. The molecular formula is C39H58O8Si. The summed E-state index contributed by atoms with van der Waals surface area (Å²) in [6.07, 6.45) is -0.500. The highest BCUT2D eigenvalue weighted by molar-refractivity contribution is 6.77. The van der Waals surface area contributed by atoms with Gasteiger partial charge in [-0.2, -0.15) is 0 Å². The van der Waals surface area contributed by atoms with E-state index in [1.807, 2.05) is 66.7 Å². The minimum Gasteiger partial charge on any atom is -0.454 e. The summed E-state index contributed by atoms with van der Waals surface area (Å²) in [5.41, 5.74) is 3.07. The van der Waals surface area contributed by atoms with Crippen molar-refractivity contribution in [3.63, 3.8) is 0 Å². The fourth-order valence-electron chi connectivity index (χ4n) is 6.84. The van der Waals surface area contributed by atoms with Gasteiger partial charge in [-0.05, 0) is 47.5 Å². The minimum absolute atomic E-state index is 0.0478. The van der Waals surface area contributed by atoms with Crippen molar-refractivity contribution in [2.75, 3.05) is 13.2 Å². The zero-order chi connectivity index (χ0) is 35.1. The van der Waals surface area contributed by atoms with Crippen LogP contribution < -0.4 is 0 Å². The maximum absolute atomic E-state index is 13.2. The Bertz CT molecular complexity index is 1210. The normalized spacial score (nSPS) is 21.5. The van der Waals surface area contributed by atoms with Gasteiger partial charge < -0.3 is 32.9 Å². The first-order valence-corrected chi connectivity index (χ1v) is 19.6. The van der Waals surface area contributed by atoms with Gasteiger partial charge in [0.25, 0.3) is 0 Å². The number of unbranched alkanes of at least 4 members (excludes halogenated alkanes) is 1. The molecule has 1 saturated heterocycles. The summed E-state index contributed by atoms with van der Waals surface area (Å²) in [5.74, 6) is -0.607. The zero-order valence-electron chi connectivity index (χ0n) is 30.1. The number of ketones is 1. The molecule has 0 bridgehead atoms. The number of ether oxygens (including phenoxy) is 5. The third kappa shape index (κ3) is 11.5. The van der Waals surface area contributed by atoms with Crippen molar-refractivity contribution in [2.24, 2.45) is 0 Å². The lowest BCUT2D eigenvalue weighted by Gasteiger charge is -2.48. The van der Waals surface area contributed by atoms with Crippen LogP contribution in [0.3, 0.4) is 0 Å². The number of rotatable bonds is 21. The van der Waals surface area contributed by atoms with Crippen LogP contribution in [0, 0.1) is 0 Å². The predicted octanol–water partition coefficient (Wildman–Crippen LogP) is 8.34. The molecule has 1 aliphatic heterocycles. The molecule has 0 unspecified atom stereocenters. The molecule has 266 valence electrons. The highest BCUT2D eigenvalue weighted by Crippen LogP contribution is 2.43. The van der Waals surface area contributed by atoms with Crippen LogP contribution in [-0.2, 0) is 50.9 Å². The second-order valence-electron chi connectivity index (χ2n) is 13.7. The van der Waals surface area contributed by atoms with Crippen LogP contribution in [0.2, 0.25) is 16.6 Å². The maximum atomic E-state index is 13.2. The van der Waals surface area contributed by atoms with Gasteiger partial charge in [0.2, 0.25) is 0 Å². The molecular weight excluding hydrogens is 625 g/mol. The first kappa shape index (κ1) is 39.8. The Kier molecular flexibility index (Phi) is 16.7. The number of carbonyl (C=O) groups is 2. The van der Waals surface area contributed by atoms with Gasteiger partial charge in [-0.15, -0.1) is 6.58 Å². The lowest BCUT2D eigenvalue weighted by atomic mass is 9.98. The zero-order valence-corrected chi connectivity index (χ0v) is 31.1. The van der Waals surface area contributed by atoms with E-state index < -0.39 is 45.0 Å². The Morgan fingerprint density at radius 1 is 0.792 bits per heavy atom. The van der Waals surface area contributed by atoms with E-state index >= 15 is 0 Å². The molecule has 5 atom stereocenters. The molecule has 0 radical (unpaired) electrons. The highest BCUT2D eigenvalue weighted by Gasteiger charge is 2.52. The van der Waals surface area contributed by atoms with Crippen molar-refractivity contribution in [1.82, 2.24) is 0 Å². The third-order valence-electron chi connectivity index (χ3n) is 9.15. The van der Waals surface area contributed by atoms with Crippen LogP contribution in [0.4, 0.5) is 0 Å². The molecule has 1 heterocycles. The van der Waals surface area contributed by atoms with E-state index in [9.17, 15) is 9.59 Å². The van der Waals surface area contributed by atoms with Gasteiger partial charge in [-0.25, -0.2) is 0 Å². The number of allylic oxidation sites excluding steroid dienone is 1. The minimum atomic E-state index is -2.29. The van der Waals surface area contributed by atoms with Crippen LogP contribution in [0.5, 0.6) is 0 Å². The van der Waals surface area contributed by atoms with E-state index in [1.54, 1.807) is 0 Å². The predicted molar refractivity (Wildman–Crippen MR) is 191 cm³/mol. The standard InChI is InChI=1S/C39H58O8Si/c1-9-10-17-24-42-39-38(47-35(41)23-22-31(8)40)37(44-26-33-20-15-12-16-21-33)36(43-25-32-18-13-11-14-19-32)34(46-39)27-45-48(28(2)3,29(4)5)30(6)7/h9,11-16,18-21,28-30,34,36-39H,1,10,17,22-27H2,2-8H3/t34-,36-,37+,38+,39+/m1/s1. The average molecular weight is 683 g/mol. The summed E-state index contributed by atoms with van der Waals surface area (Å²) in [6, 6.07) is 19.8. The SMILES string of the molecule is C=CCCCO[C@H]1O[C@H](CO[Si](C(C)C)(C(C)C)C(C)C)[C@@H](OCc2ccccc2)[C@H](OCc2ccccc2)[C@@H]1OC(=O)CCC(C)=O. The van der Waals surface area contributed by atoms with Crippen molar-refractivity contribution < 1.29 is 37.7 Å². The smallest absolute Gasteiger partial charge is 0.306 e. The molecule has 0 saturated carbocycles. The van der Waals surface area contributed by atoms with Gasteiger partial charge in [0, 0.05) is 6.42 Å². The van der Waals surface area contributed by atoms with E-state index in [0.29, 0.717) is 29.8 Å². The molecule has 2 aromatic carbocycles. The van der Waals surface area contributed by atoms with Gasteiger partial charge >= 0.3 is 5.97 Å². The van der Waals surface area contributed by atoms with Crippen LogP contribution in [-0.4, -0.2) is 64.0 Å². The van der Waals surface area contributed by atoms with Gasteiger partial charge in [0.05, 0.1) is 32.8 Å². The lowest BCUT2D eigenvalue weighted by molar-refractivity contribution is -0.318. The molecule has 0 spiro atoms. The van der Waals surface area contributed by atoms with Gasteiger partial charge in [-0.1, -0.05) is 108 Å². The molecule has 9 heteroatoms. The number of Topliss-reactive ketones (excluding diaryl/α,β-unsaturated/α-hetero) is 1. The maximum Gasteiger partial charge on any atom is 0.306 e. The second-order valence-corrected chi connectivity index (χ2v) is 19.1. The molecule has 8 nitrogen and oxygen atoms in total. The van der Waals surface area contributed by atoms with Crippen LogP contribution in [0.1, 0.15) is 85.3 Å². The van der Waals surface area contributed by atoms with Crippen LogP contribution >= 0.6 is 0 Å². The summed E-state index contributed by atoms with van der Waals surface area (Å²) < 4.78 is 39.6. The number of hydrogen-bond acceptors (Lipinski definition) is 8. The Hall–Kier alpha value is -2.66. The highest BCUT2D eigenvalue weighted by atomic mass is 28.4. The van der Waals surface area contributed by atoms with Crippen LogP contribution in [0.25, 0.3) is 0 Å². The Balaban J connectivity index is 2.05. The van der Waals surface area contributed by atoms with E-state index in [4.69, 9.17) is 28.1 Å². The van der Waals surface area contributed by atoms with Gasteiger partial charge in [-0.3, -0.25) is 4.79 Å². The Labute approximate surface area is 289 Å². The second kappa shape index (κ2) is 20.1. The summed E-state index contributed by atoms with van der Waals surface area (Å²) in [5, 5.41) is 0. The first-order valence-electron chi connectivity index (χ1n) is 17.5. The van der Waals surface area contributed by atoms with Crippen molar-refractivity contribution >= 4 is 20.1 Å². The number of hydrogen-bond donors (Lipinski definition) is 0. The summed E-state index contributed by atoms with van der Waals surface area (Å²) in [7, 11) is -2.29. The summed E-state index contributed by atoms with van der Waals surface area (Å²) in [4.78, 5) is 24.9. The molecule has 1 fully saturated rings. The first-order chi connectivity index (χ1) is 23.0. The monoisotopic (exact) mass is 682 g/mol.